The molecular formula is C19H33O3P. The largest absolute Gasteiger partial charge is 0.354 e. The highest BCUT2D eigenvalue weighted by Crippen LogP contribution is 2.49. The van der Waals surface area contributed by atoms with E-state index in [4.69, 9.17) is 9.05 Å². The molecule has 0 N–H and O–H groups in total. The molecular weight excluding hydrogens is 307 g/mol. The van der Waals surface area contributed by atoms with Crippen LogP contribution in [0.2, 0.25) is 0 Å². The van der Waals surface area contributed by atoms with E-state index in [0.29, 0.717) is 13.2 Å². The Morgan fingerprint density at radius 1 is 0.957 bits per heavy atom. The van der Waals surface area contributed by atoms with Crippen LogP contribution in [0.3, 0.4) is 0 Å². The van der Waals surface area contributed by atoms with Crippen molar-refractivity contribution in [3.05, 3.63) is 46.8 Å². The van der Waals surface area contributed by atoms with Crippen molar-refractivity contribution in [1.29, 1.82) is 0 Å². The van der Waals surface area contributed by atoms with Crippen LogP contribution in [0, 0.1) is 0 Å². The molecule has 3 nitrogen and oxygen atoms in total. The summed E-state index contributed by atoms with van der Waals surface area (Å²) in [5.74, 6) is 1.55. The molecule has 0 spiro atoms. The Morgan fingerprint density at radius 2 is 1.57 bits per heavy atom. The van der Waals surface area contributed by atoms with Gasteiger partial charge in [0, 0.05) is 5.82 Å². The molecule has 23 heavy (non-hydrogen) atoms. The van der Waals surface area contributed by atoms with Gasteiger partial charge in [-0.25, -0.2) is 0 Å². The van der Waals surface area contributed by atoms with E-state index in [9.17, 15) is 4.57 Å². The molecule has 0 radical (unpaired) electrons. The fraction of sp³-hybridized carbons (Fsp3) is 0.579. The summed E-state index contributed by atoms with van der Waals surface area (Å²) in [4.78, 5) is 0. The summed E-state index contributed by atoms with van der Waals surface area (Å²) < 4.78 is 22.8. The second kappa shape index (κ2) is 12.5. The van der Waals surface area contributed by atoms with E-state index in [0.717, 1.165) is 24.8 Å². The van der Waals surface area contributed by atoms with E-state index in [-0.39, 0.29) is 0 Å². The summed E-state index contributed by atoms with van der Waals surface area (Å²) in [5.41, 5.74) is 3.81. The number of hydrogen-bond donors (Lipinski definition) is 0. The summed E-state index contributed by atoms with van der Waals surface area (Å²) in [6, 6.07) is 0. The van der Waals surface area contributed by atoms with E-state index in [1.165, 1.54) is 11.1 Å². The molecule has 0 aromatic heterocycles. The van der Waals surface area contributed by atoms with Crippen molar-refractivity contribution in [1.82, 2.24) is 0 Å². The van der Waals surface area contributed by atoms with Crippen LogP contribution in [-0.2, 0) is 13.6 Å². The van der Waals surface area contributed by atoms with E-state index >= 15 is 0 Å². The minimum Gasteiger partial charge on any atom is -0.306 e. The average molecular weight is 340 g/mol. The Hall–Kier alpha value is -0.890. The Kier molecular flexibility index (Phi) is 12.0. The van der Waals surface area contributed by atoms with Crippen LogP contribution >= 0.6 is 7.60 Å². The number of rotatable bonds is 11. The van der Waals surface area contributed by atoms with Crippen molar-refractivity contribution in [3.63, 3.8) is 0 Å². The molecule has 132 valence electrons. The second-order valence-electron chi connectivity index (χ2n) is 5.75. The quantitative estimate of drug-likeness (QED) is 0.236. The van der Waals surface area contributed by atoms with Gasteiger partial charge in [-0.05, 0) is 60.8 Å². The Bertz CT molecular complexity index is 485. The predicted octanol–water partition coefficient (Wildman–Crippen LogP) is 6.80. The highest BCUT2D eigenvalue weighted by atomic mass is 31.2. The van der Waals surface area contributed by atoms with Gasteiger partial charge >= 0.3 is 7.60 Å². The first-order chi connectivity index (χ1) is 10.8. The maximum absolute atomic E-state index is 12.3. The molecule has 0 aromatic rings. The van der Waals surface area contributed by atoms with Crippen LogP contribution in [0.5, 0.6) is 0 Å². The first kappa shape index (κ1) is 22.1. The maximum Gasteiger partial charge on any atom is 0.354 e. The molecule has 0 heterocycles. The number of hydrogen-bond acceptors (Lipinski definition) is 3. The molecule has 0 aliphatic carbocycles. The standard InChI is InChI=1S/C19H33O3P/c1-7-21-23(20,22-8-2)16-15-19(6)14-10-13-18(5)12-9-11-17(3)4/h11,13-16H,7-10,12H2,1-6H3. The second-order valence-corrected chi connectivity index (χ2v) is 7.64. The zero-order valence-corrected chi connectivity index (χ0v) is 16.5. The Balaban J connectivity index is 4.51. The third-order valence-corrected chi connectivity index (χ3v) is 4.89. The lowest BCUT2D eigenvalue weighted by molar-refractivity contribution is 0.229. The highest BCUT2D eigenvalue weighted by Gasteiger charge is 2.18. The lowest BCUT2D eigenvalue weighted by Gasteiger charge is -2.12. The molecule has 0 atom stereocenters. The van der Waals surface area contributed by atoms with Gasteiger partial charge < -0.3 is 9.05 Å². The van der Waals surface area contributed by atoms with E-state index in [1.54, 1.807) is 5.82 Å². The molecule has 0 unspecified atom stereocenters. The van der Waals surface area contributed by atoms with Crippen LogP contribution in [0.15, 0.2) is 46.8 Å². The van der Waals surface area contributed by atoms with Crippen LogP contribution in [0.25, 0.3) is 0 Å². The highest BCUT2D eigenvalue weighted by molar-refractivity contribution is 7.57. The smallest absolute Gasteiger partial charge is 0.306 e. The van der Waals surface area contributed by atoms with Gasteiger partial charge in [0.15, 0.2) is 0 Å². The van der Waals surface area contributed by atoms with Crippen molar-refractivity contribution in [3.8, 4) is 0 Å². The third-order valence-electron chi connectivity index (χ3n) is 3.14. The molecule has 0 saturated heterocycles. The average Bonchev–Trinajstić information content (AvgIpc) is 2.45. The monoisotopic (exact) mass is 340 g/mol. The number of allylic oxidation sites excluding steroid dienone is 7. The Labute approximate surface area is 142 Å². The minimum atomic E-state index is -3.09. The van der Waals surface area contributed by atoms with E-state index < -0.39 is 7.60 Å². The molecule has 0 aliphatic heterocycles. The maximum atomic E-state index is 12.3. The zero-order valence-electron chi connectivity index (χ0n) is 15.6. The van der Waals surface area contributed by atoms with Gasteiger partial charge in [0.2, 0.25) is 0 Å². The van der Waals surface area contributed by atoms with Gasteiger partial charge in [0.1, 0.15) is 0 Å². The van der Waals surface area contributed by atoms with Crippen molar-refractivity contribution in [2.75, 3.05) is 13.2 Å². The lowest BCUT2D eigenvalue weighted by atomic mass is 10.1. The molecule has 0 rings (SSSR count). The van der Waals surface area contributed by atoms with Crippen molar-refractivity contribution >= 4 is 7.60 Å². The Morgan fingerprint density at radius 3 is 2.09 bits per heavy atom. The molecule has 0 saturated carbocycles. The first-order valence-corrected chi connectivity index (χ1v) is 9.98. The summed E-state index contributed by atoms with van der Waals surface area (Å²) in [6.45, 7) is 12.8. The molecule has 0 aliphatic rings. The fourth-order valence-corrected chi connectivity index (χ4v) is 3.28. The van der Waals surface area contributed by atoms with Gasteiger partial charge in [-0.15, -0.1) is 0 Å². The first-order valence-electron chi connectivity index (χ1n) is 8.36. The summed E-state index contributed by atoms with van der Waals surface area (Å²) in [6.07, 6.45) is 11.5. The van der Waals surface area contributed by atoms with Crippen molar-refractivity contribution in [2.24, 2.45) is 0 Å². The van der Waals surface area contributed by atoms with Gasteiger partial charge in [-0.2, -0.15) is 0 Å². The third kappa shape index (κ3) is 12.2. The van der Waals surface area contributed by atoms with E-state index in [1.807, 2.05) is 26.8 Å². The minimum absolute atomic E-state index is 0.373. The van der Waals surface area contributed by atoms with Gasteiger partial charge in [-0.3, -0.25) is 4.57 Å². The predicted molar refractivity (Wildman–Crippen MR) is 101 cm³/mol. The SMILES string of the molecule is CCOP(=O)(C=CC(C)=CCC=C(C)CCC=C(C)C)OCC. The summed E-state index contributed by atoms with van der Waals surface area (Å²) >= 11 is 0. The van der Waals surface area contributed by atoms with E-state index in [2.05, 4.69) is 39.0 Å². The van der Waals surface area contributed by atoms with Crippen molar-refractivity contribution < 1.29 is 13.6 Å². The summed E-state index contributed by atoms with van der Waals surface area (Å²) in [5, 5.41) is 0. The molecule has 0 fully saturated rings. The summed E-state index contributed by atoms with van der Waals surface area (Å²) in [7, 11) is -3.09. The topological polar surface area (TPSA) is 35.5 Å². The van der Waals surface area contributed by atoms with Crippen LogP contribution in [0.1, 0.15) is 60.8 Å². The lowest BCUT2D eigenvalue weighted by Crippen LogP contribution is -1.92. The van der Waals surface area contributed by atoms with Gasteiger partial charge in [-0.1, -0.05) is 41.0 Å². The zero-order chi connectivity index (χ0) is 17.7. The van der Waals surface area contributed by atoms with Crippen molar-refractivity contribution in [2.45, 2.75) is 60.8 Å². The van der Waals surface area contributed by atoms with Gasteiger partial charge in [0.05, 0.1) is 13.2 Å². The van der Waals surface area contributed by atoms with Crippen LogP contribution in [0.4, 0.5) is 0 Å². The molecule has 0 aromatic carbocycles. The normalized spacial score (nSPS) is 13.7. The fourth-order valence-electron chi connectivity index (χ4n) is 1.90. The molecule has 0 amide bonds. The van der Waals surface area contributed by atoms with Crippen LogP contribution in [-0.4, -0.2) is 13.2 Å². The molecule has 4 heteroatoms. The van der Waals surface area contributed by atoms with Gasteiger partial charge in [0.25, 0.3) is 0 Å². The van der Waals surface area contributed by atoms with Crippen LogP contribution < -0.4 is 0 Å². The molecule has 0 bridgehead atoms.